The molecule has 1 aliphatic heterocycles. The summed E-state index contributed by atoms with van der Waals surface area (Å²) in [7, 11) is 2.14. The number of hydrogen-bond acceptors (Lipinski definition) is 4. The minimum atomic E-state index is -0.267. The Hall–Kier alpha value is -3.25. The van der Waals surface area contributed by atoms with E-state index in [0.29, 0.717) is 0 Å². The number of rotatable bonds is 3. The lowest BCUT2D eigenvalue weighted by atomic mass is 10.1. The summed E-state index contributed by atoms with van der Waals surface area (Å²) in [6.45, 7) is 3.86. The monoisotopic (exact) mass is 387 g/mol. The Kier molecular flexibility index (Phi) is 4.48. The highest BCUT2D eigenvalue weighted by Gasteiger charge is 2.20. The average molecular weight is 387 g/mol. The first-order valence-corrected chi connectivity index (χ1v) is 9.83. The molecule has 0 bridgehead atoms. The number of benzene rings is 2. The van der Waals surface area contributed by atoms with E-state index in [1.807, 2.05) is 34.8 Å². The van der Waals surface area contributed by atoms with Crippen molar-refractivity contribution in [1.29, 1.82) is 0 Å². The number of aromatic nitrogens is 3. The summed E-state index contributed by atoms with van der Waals surface area (Å²) < 4.78 is 15.6. The van der Waals surface area contributed by atoms with E-state index in [1.54, 1.807) is 6.07 Å². The Bertz CT molecular complexity index is 1150. The van der Waals surface area contributed by atoms with Gasteiger partial charge in [0.2, 0.25) is 0 Å². The van der Waals surface area contributed by atoms with Crippen LogP contribution in [0.25, 0.3) is 28.2 Å². The zero-order valence-electron chi connectivity index (χ0n) is 16.3. The standard InChI is InChI=1S/C23H22FN5/c1-27-10-12-28(13-11-27)23-16-20(17-6-3-2-4-7-17)25-22-15-21(26-29(22)23)18-8-5-9-19(24)14-18/h2-9,14-16H,10-13H2,1H3. The van der Waals surface area contributed by atoms with Crippen molar-refractivity contribution < 1.29 is 4.39 Å². The molecule has 0 unspecified atom stereocenters. The quantitative estimate of drug-likeness (QED) is 0.533. The molecule has 6 heteroatoms. The molecule has 3 heterocycles. The van der Waals surface area contributed by atoms with Crippen molar-refractivity contribution >= 4 is 11.5 Å². The highest BCUT2D eigenvalue weighted by Crippen LogP contribution is 2.28. The summed E-state index contributed by atoms with van der Waals surface area (Å²) in [5, 5.41) is 4.79. The fourth-order valence-corrected chi connectivity index (χ4v) is 3.77. The second-order valence-electron chi connectivity index (χ2n) is 7.47. The van der Waals surface area contributed by atoms with Crippen molar-refractivity contribution in [3.63, 3.8) is 0 Å². The van der Waals surface area contributed by atoms with E-state index in [0.717, 1.165) is 60.2 Å². The highest BCUT2D eigenvalue weighted by atomic mass is 19.1. The zero-order valence-corrected chi connectivity index (χ0v) is 16.3. The van der Waals surface area contributed by atoms with Gasteiger partial charge in [-0.05, 0) is 19.2 Å². The molecule has 2 aromatic heterocycles. The fourth-order valence-electron chi connectivity index (χ4n) is 3.77. The summed E-state index contributed by atoms with van der Waals surface area (Å²) in [6, 6.07) is 20.7. The largest absolute Gasteiger partial charge is 0.354 e. The predicted molar refractivity (Wildman–Crippen MR) is 114 cm³/mol. The molecule has 4 aromatic rings. The van der Waals surface area contributed by atoms with Crippen LogP contribution >= 0.6 is 0 Å². The number of likely N-dealkylation sites (N-methyl/N-ethyl adjacent to an activating group) is 1. The summed E-state index contributed by atoms with van der Waals surface area (Å²) >= 11 is 0. The van der Waals surface area contributed by atoms with Crippen molar-refractivity contribution in [3.05, 3.63) is 72.5 Å². The van der Waals surface area contributed by atoms with Crippen LogP contribution in [0.4, 0.5) is 10.2 Å². The Morgan fingerprint density at radius 3 is 2.31 bits per heavy atom. The summed E-state index contributed by atoms with van der Waals surface area (Å²) in [5.41, 5.74) is 4.22. The number of nitrogens with zero attached hydrogens (tertiary/aromatic N) is 5. The van der Waals surface area contributed by atoms with Gasteiger partial charge in [-0.2, -0.15) is 9.61 Å². The lowest BCUT2D eigenvalue weighted by Crippen LogP contribution is -2.45. The van der Waals surface area contributed by atoms with Gasteiger partial charge in [-0.25, -0.2) is 9.37 Å². The van der Waals surface area contributed by atoms with Crippen LogP contribution in [0.3, 0.4) is 0 Å². The van der Waals surface area contributed by atoms with Crippen LogP contribution < -0.4 is 4.90 Å². The van der Waals surface area contributed by atoms with Crippen LogP contribution in [0.5, 0.6) is 0 Å². The van der Waals surface area contributed by atoms with Gasteiger partial charge in [-0.15, -0.1) is 0 Å². The van der Waals surface area contributed by atoms with E-state index in [-0.39, 0.29) is 5.82 Å². The van der Waals surface area contributed by atoms with E-state index >= 15 is 0 Å². The molecule has 0 N–H and O–H groups in total. The lowest BCUT2D eigenvalue weighted by molar-refractivity contribution is 0.311. The molecule has 0 spiro atoms. The Morgan fingerprint density at radius 2 is 1.55 bits per heavy atom. The maximum absolute atomic E-state index is 13.7. The third-order valence-corrected chi connectivity index (χ3v) is 5.43. The molecule has 1 fully saturated rings. The van der Waals surface area contributed by atoms with Gasteiger partial charge < -0.3 is 9.80 Å². The number of piperazine rings is 1. The molecule has 29 heavy (non-hydrogen) atoms. The maximum atomic E-state index is 13.7. The lowest BCUT2D eigenvalue weighted by Gasteiger charge is -2.34. The molecule has 1 aliphatic rings. The van der Waals surface area contributed by atoms with Gasteiger partial charge in [0.25, 0.3) is 0 Å². The molecule has 2 aromatic carbocycles. The van der Waals surface area contributed by atoms with Crippen LogP contribution in [-0.4, -0.2) is 52.7 Å². The van der Waals surface area contributed by atoms with Crippen LogP contribution in [-0.2, 0) is 0 Å². The number of hydrogen-bond donors (Lipinski definition) is 0. The SMILES string of the molecule is CN1CCN(c2cc(-c3ccccc3)nc3cc(-c4cccc(F)c4)nn23)CC1. The number of anilines is 1. The normalized spacial score (nSPS) is 15.2. The molecule has 0 saturated carbocycles. The van der Waals surface area contributed by atoms with Gasteiger partial charge in [0, 0.05) is 49.4 Å². The first kappa shape index (κ1) is 17.8. The second-order valence-corrected chi connectivity index (χ2v) is 7.47. The summed E-state index contributed by atoms with van der Waals surface area (Å²) in [5.74, 6) is 0.751. The highest BCUT2D eigenvalue weighted by molar-refractivity contribution is 5.71. The van der Waals surface area contributed by atoms with Crippen LogP contribution in [0.2, 0.25) is 0 Å². The minimum Gasteiger partial charge on any atom is -0.354 e. The Labute approximate surface area is 169 Å². The van der Waals surface area contributed by atoms with E-state index in [1.165, 1.54) is 12.1 Å². The molecule has 0 radical (unpaired) electrons. The van der Waals surface area contributed by atoms with Gasteiger partial charge in [-0.1, -0.05) is 42.5 Å². The molecule has 0 aliphatic carbocycles. The van der Waals surface area contributed by atoms with Gasteiger partial charge >= 0.3 is 0 Å². The third kappa shape index (κ3) is 3.47. The van der Waals surface area contributed by atoms with E-state index in [9.17, 15) is 4.39 Å². The summed E-state index contributed by atoms with van der Waals surface area (Å²) in [6.07, 6.45) is 0. The van der Waals surface area contributed by atoms with E-state index in [4.69, 9.17) is 10.1 Å². The second kappa shape index (κ2) is 7.29. The molecule has 0 amide bonds. The average Bonchev–Trinajstić information content (AvgIpc) is 3.19. The van der Waals surface area contributed by atoms with E-state index in [2.05, 4.69) is 35.0 Å². The predicted octanol–water partition coefficient (Wildman–Crippen LogP) is 3.95. The smallest absolute Gasteiger partial charge is 0.158 e. The first-order chi connectivity index (χ1) is 14.2. The minimum absolute atomic E-state index is 0.267. The Balaban J connectivity index is 1.67. The molecule has 5 nitrogen and oxygen atoms in total. The van der Waals surface area contributed by atoms with Crippen LogP contribution in [0.15, 0.2) is 66.7 Å². The third-order valence-electron chi connectivity index (χ3n) is 5.43. The molecule has 0 atom stereocenters. The molecular weight excluding hydrogens is 365 g/mol. The molecule has 5 rings (SSSR count). The maximum Gasteiger partial charge on any atom is 0.158 e. The van der Waals surface area contributed by atoms with Gasteiger partial charge in [0.15, 0.2) is 5.65 Å². The van der Waals surface area contributed by atoms with Crippen molar-refractivity contribution in [1.82, 2.24) is 19.5 Å². The van der Waals surface area contributed by atoms with Crippen LogP contribution in [0.1, 0.15) is 0 Å². The number of halogens is 1. The van der Waals surface area contributed by atoms with E-state index < -0.39 is 0 Å². The van der Waals surface area contributed by atoms with Gasteiger partial charge in [-0.3, -0.25) is 0 Å². The topological polar surface area (TPSA) is 36.7 Å². The van der Waals surface area contributed by atoms with Gasteiger partial charge in [0.1, 0.15) is 11.6 Å². The zero-order chi connectivity index (χ0) is 19.8. The van der Waals surface area contributed by atoms with Crippen molar-refractivity contribution in [2.75, 3.05) is 38.1 Å². The number of fused-ring (bicyclic) bond motifs is 1. The fraction of sp³-hybridized carbons (Fsp3) is 0.217. The van der Waals surface area contributed by atoms with Crippen LogP contribution in [0, 0.1) is 5.82 Å². The molecule has 1 saturated heterocycles. The Morgan fingerprint density at radius 1 is 0.793 bits per heavy atom. The van der Waals surface area contributed by atoms with Crippen molar-refractivity contribution in [3.8, 4) is 22.5 Å². The van der Waals surface area contributed by atoms with Gasteiger partial charge in [0.05, 0.1) is 11.4 Å². The molecule has 146 valence electrons. The van der Waals surface area contributed by atoms with Crippen molar-refractivity contribution in [2.45, 2.75) is 0 Å². The first-order valence-electron chi connectivity index (χ1n) is 9.83. The van der Waals surface area contributed by atoms with Crippen molar-refractivity contribution in [2.24, 2.45) is 0 Å². The molecular formula is C23H22FN5. The summed E-state index contributed by atoms with van der Waals surface area (Å²) in [4.78, 5) is 9.53.